The standard InChI is InChI=1S/C22H29N7O4S.H3N/c1-32-18-12-16(28-8-10-33-11-9-28)5-6-17(18)25-22-26-19(20-21(27-22)24-14-23-20)15-4-3-7-29(13-15)34(2,30)31;/h5-6,12,14-15H,3-4,7-11,13H2,1-2H3,(H2,23,24,25,26,27);1H3. The van der Waals surface area contributed by atoms with Crippen molar-refractivity contribution in [2.45, 2.75) is 18.8 Å². The smallest absolute Gasteiger partial charge is 0.229 e. The maximum absolute atomic E-state index is 12.1. The van der Waals surface area contributed by atoms with Gasteiger partial charge in [-0.15, -0.1) is 0 Å². The van der Waals surface area contributed by atoms with Gasteiger partial charge in [0.15, 0.2) is 5.65 Å². The molecule has 190 valence electrons. The van der Waals surface area contributed by atoms with Crippen molar-refractivity contribution in [1.29, 1.82) is 0 Å². The number of hydrogen-bond donors (Lipinski definition) is 3. The predicted octanol–water partition coefficient (Wildman–Crippen LogP) is 2.24. The van der Waals surface area contributed by atoms with Crippen LogP contribution in [0.15, 0.2) is 24.5 Å². The fraction of sp³-hybridized carbons (Fsp3) is 0.500. The van der Waals surface area contributed by atoms with Crippen molar-refractivity contribution in [3.8, 4) is 5.75 Å². The molecule has 4 heterocycles. The molecule has 0 bridgehead atoms. The van der Waals surface area contributed by atoms with Crippen LogP contribution in [0.3, 0.4) is 0 Å². The number of piperidine rings is 1. The number of H-pyrrole nitrogens is 1. The number of anilines is 3. The SMILES string of the molecule is COc1cc(N2CCOCC2)ccc1Nc1nc(C2CCCN(S(C)(=O)=O)C2)c2nc[nH]c2n1.N. The zero-order valence-corrected chi connectivity index (χ0v) is 20.8. The fourth-order valence-electron chi connectivity index (χ4n) is 4.59. The molecule has 35 heavy (non-hydrogen) atoms. The van der Waals surface area contributed by atoms with Crippen LogP contribution in [0.2, 0.25) is 0 Å². The number of nitrogens with one attached hydrogen (secondary N) is 2. The molecule has 2 aromatic heterocycles. The molecule has 0 radical (unpaired) electrons. The molecule has 5 rings (SSSR count). The summed E-state index contributed by atoms with van der Waals surface area (Å²) in [6, 6.07) is 5.99. The van der Waals surface area contributed by atoms with Crippen molar-refractivity contribution in [1.82, 2.24) is 30.4 Å². The number of morpholine rings is 1. The lowest BCUT2D eigenvalue weighted by Gasteiger charge is -2.30. The van der Waals surface area contributed by atoms with Crippen molar-refractivity contribution in [3.05, 3.63) is 30.2 Å². The Morgan fingerprint density at radius 1 is 1.20 bits per heavy atom. The Balaban J connectivity index is 0.00000289. The van der Waals surface area contributed by atoms with Gasteiger partial charge in [-0.25, -0.2) is 22.7 Å². The summed E-state index contributed by atoms with van der Waals surface area (Å²) in [4.78, 5) is 19.1. The topological polar surface area (TPSA) is 161 Å². The molecule has 2 aliphatic rings. The molecule has 1 aromatic carbocycles. The van der Waals surface area contributed by atoms with Crippen molar-refractivity contribution in [2.75, 3.05) is 63.0 Å². The lowest BCUT2D eigenvalue weighted by molar-refractivity contribution is 0.122. The number of rotatable bonds is 6. The van der Waals surface area contributed by atoms with Gasteiger partial charge in [0, 0.05) is 43.9 Å². The number of methoxy groups -OCH3 is 1. The van der Waals surface area contributed by atoms with Crippen molar-refractivity contribution >= 4 is 38.5 Å². The van der Waals surface area contributed by atoms with Gasteiger partial charge in [-0.2, -0.15) is 4.98 Å². The molecule has 13 heteroatoms. The molecule has 1 atom stereocenters. The van der Waals surface area contributed by atoms with E-state index in [1.807, 2.05) is 18.2 Å². The first-order chi connectivity index (χ1) is 16.4. The monoisotopic (exact) mass is 504 g/mol. The summed E-state index contributed by atoms with van der Waals surface area (Å²) < 4.78 is 36.9. The Kier molecular flexibility index (Phi) is 7.40. The number of aromatic amines is 1. The van der Waals surface area contributed by atoms with Crippen LogP contribution in [0, 0.1) is 0 Å². The van der Waals surface area contributed by atoms with Gasteiger partial charge in [0.05, 0.1) is 44.3 Å². The number of nitrogens with zero attached hydrogens (tertiary/aromatic N) is 5. The molecule has 0 spiro atoms. The molecule has 0 aliphatic carbocycles. The molecule has 2 fully saturated rings. The van der Waals surface area contributed by atoms with E-state index >= 15 is 0 Å². The van der Waals surface area contributed by atoms with Crippen molar-refractivity contribution < 1.29 is 17.9 Å². The highest BCUT2D eigenvalue weighted by molar-refractivity contribution is 7.88. The van der Waals surface area contributed by atoms with Crippen LogP contribution >= 0.6 is 0 Å². The minimum Gasteiger partial charge on any atom is -0.494 e. The van der Waals surface area contributed by atoms with E-state index in [9.17, 15) is 8.42 Å². The second-order valence-electron chi connectivity index (χ2n) is 8.60. The number of benzene rings is 1. The van der Waals surface area contributed by atoms with Crippen LogP contribution in [-0.4, -0.2) is 85.4 Å². The molecular weight excluding hydrogens is 472 g/mol. The quantitative estimate of drug-likeness (QED) is 0.454. The van der Waals surface area contributed by atoms with E-state index in [4.69, 9.17) is 14.5 Å². The summed E-state index contributed by atoms with van der Waals surface area (Å²) in [5, 5.41) is 3.29. The van der Waals surface area contributed by atoms with E-state index in [1.54, 1.807) is 13.4 Å². The highest BCUT2D eigenvalue weighted by Crippen LogP contribution is 2.34. The van der Waals surface area contributed by atoms with E-state index in [1.165, 1.54) is 10.6 Å². The Bertz CT molecular complexity index is 1280. The van der Waals surface area contributed by atoms with Gasteiger partial charge in [0.1, 0.15) is 11.3 Å². The summed E-state index contributed by atoms with van der Waals surface area (Å²) in [6.45, 7) is 4.01. The summed E-state index contributed by atoms with van der Waals surface area (Å²) >= 11 is 0. The number of ether oxygens (including phenoxy) is 2. The molecular formula is C22H32N8O4S. The Labute approximate surface area is 204 Å². The molecule has 2 aliphatic heterocycles. The van der Waals surface area contributed by atoms with Crippen LogP contribution in [0.5, 0.6) is 5.75 Å². The second-order valence-corrected chi connectivity index (χ2v) is 10.6. The maximum Gasteiger partial charge on any atom is 0.229 e. The minimum atomic E-state index is -3.27. The van der Waals surface area contributed by atoms with E-state index in [2.05, 4.69) is 25.2 Å². The van der Waals surface area contributed by atoms with Gasteiger partial charge < -0.3 is 30.8 Å². The average Bonchev–Trinajstić information content (AvgIpc) is 3.32. The third-order valence-electron chi connectivity index (χ3n) is 6.35. The Morgan fingerprint density at radius 2 is 2.00 bits per heavy atom. The first-order valence-electron chi connectivity index (χ1n) is 11.4. The van der Waals surface area contributed by atoms with E-state index in [0.29, 0.717) is 49.2 Å². The normalized spacial score (nSPS) is 19.4. The number of hydrogen-bond acceptors (Lipinski definition) is 10. The first kappa shape index (κ1) is 25.1. The van der Waals surface area contributed by atoms with Crippen LogP contribution in [0.4, 0.5) is 17.3 Å². The lowest BCUT2D eigenvalue weighted by atomic mass is 9.95. The summed E-state index contributed by atoms with van der Waals surface area (Å²) in [5.41, 5.74) is 3.82. The molecule has 12 nitrogen and oxygen atoms in total. The Morgan fingerprint density at radius 3 is 2.74 bits per heavy atom. The highest BCUT2D eigenvalue weighted by atomic mass is 32.2. The zero-order valence-electron chi connectivity index (χ0n) is 20.0. The van der Waals surface area contributed by atoms with Crippen LogP contribution in [0.1, 0.15) is 24.5 Å². The zero-order chi connectivity index (χ0) is 23.7. The molecule has 3 aromatic rings. The number of imidazole rings is 1. The summed E-state index contributed by atoms with van der Waals surface area (Å²) in [7, 11) is -1.64. The summed E-state index contributed by atoms with van der Waals surface area (Å²) in [5.74, 6) is 1.02. The number of sulfonamides is 1. The summed E-state index contributed by atoms with van der Waals surface area (Å²) in [6.07, 6.45) is 4.44. The van der Waals surface area contributed by atoms with Crippen LogP contribution in [-0.2, 0) is 14.8 Å². The molecule has 0 amide bonds. The molecule has 5 N–H and O–H groups in total. The molecule has 2 saturated heterocycles. The number of aromatic nitrogens is 4. The van der Waals surface area contributed by atoms with Crippen LogP contribution < -0.4 is 21.1 Å². The largest absolute Gasteiger partial charge is 0.494 e. The van der Waals surface area contributed by atoms with Gasteiger partial charge in [-0.3, -0.25) is 0 Å². The average molecular weight is 505 g/mol. The van der Waals surface area contributed by atoms with Crippen molar-refractivity contribution in [2.24, 2.45) is 0 Å². The second kappa shape index (κ2) is 10.3. The van der Waals surface area contributed by atoms with Gasteiger partial charge in [0.25, 0.3) is 0 Å². The van der Waals surface area contributed by atoms with Gasteiger partial charge in [-0.1, -0.05) is 0 Å². The third kappa shape index (κ3) is 5.32. The van der Waals surface area contributed by atoms with Gasteiger partial charge >= 0.3 is 0 Å². The third-order valence-corrected chi connectivity index (χ3v) is 7.62. The highest BCUT2D eigenvalue weighted by Gasteiger charge is 2.30. The van der Waals surface area contributed by atoms with Crippen molar-refractivity contribution in [3.63, 3.8) is 0 Å². The van der Waals surface area contributed by atoms with E-state index < -0.39 is 10.0 Å². The maximum atomic E-state index is 12.1. The van der Waals surface area contributed by atoms with Gasteiger partial charge in [0.2, 0.25) is 16.0 Å². The van der Waals surface area contributed by atoms with E-state index in [0.717, 1.165) is 43.0 Å². The lowest BCUT2D eigenvalue weighted by Crippen LogP contribution is -2.38. The van der Waals surface area contributed by atoms with Crippen LogP contribution in [0.25, 0.3) is 11.2 Å². The van der Waals surface area contributed by atoms with E-state index in [-0.39, 0.29) is 12.1 Å². The fourth-order valence-corrected chi connectivity index (χ4v) is 5.50. The predicted molar refractivity (Wildman–Crippen MR) is 134 cm³/mol. The number of fused-ring (bicyclic) bond motifs is 1. The first-order valence-corrected chi connectivity index (χ1v) is 13.2. The van der Waals surface area contributed by atoms with Gasteiger partial charge in [-0.05, 0) is 25.0 Å². The molecule has 0 saturated carbocycles. The minimum absolute atomic E-state index is 0. The molecule has 1 unspecified atom stereocenters. The Hall–Kier alpha value is -3.00.